The lowest BCUT2D eigenvalue weighted by molar-refractivity contribution is 0.0956. The molecule has 1 aromatic rings. The fourth-order valence-corrected chi connectivity index (χ4v) is 6.95. The summed E-state index contributed by atoms with van der Waals surface area (Å²) < 4.78 is 27.6. The van der Waals surface area contributed by atoms with E-state index < -0.39 is 10.0 Å². The molecule has 1 aromatic carbocycles. The molecule has 0 atom stereocenters. The van der Waals surface area contributed by atoms with Crippen LogP contribution in [0.5, 0.6) is 0 Å². The van der Waals surface area contributed by atoms with Crippen LogP contribution in [0.1, 0.15) is 68.1 Å². The third kappa shape index (κ3) is 6.36. The fraction of sp³-hybridized carbons (Fsp3) is 0.667. The smallest absolute Gasteiger partial charge is 0.252 e. The molecule has 162 valence electrons. The minimum atomic E-state index is -3.61. The van der Waals surface area contributed by atoms with Crippen LogP contribution in [0, 0.1) is 0 Å². The van der Waals surface area contributed by atoms with Gasteiger partial charge < -0.3 is 5.32 Å². The van der Waals surface area contributed by atoms with Gasteiger partial charge in [-0.1, -0.05) is 43.7 Å². The Kier molecular flexibility index (Phi) is 8.71. The Balaban J connectivity index is 1.60. The monoisotopic (exact) mass is 458 g/mol. The van der Waals surface area contributed by atoms with Gasteiger partial charge in [0.05, 0.1) is 15.5 Å². The quantitative estimate of drug-likeness (QED) is 0.601. The molecule has 5 nitrogen and oxygen atoms in total. The Morgan fingerprint density at radius 1 is 1.07 bits per heavy atom. The first-order valence-electron chi connectivity index (χ1n) is 10.7. The molecular weight excluding hydrogens is 428 g/mol. The lowest BCUT2D eigenvalue weighted by atomic mass is 10.0. The molecule has 1 saturated carbocycles. The van der Waals surface area contributed by atoms with Crippen LogP contribution >= 0.6 is 23.4 Å². The van der Waals surface area contributed by atoms with Crippen LogP contribution in [-0.2, 0) is 10.0 Å². The molecule has 1 heterocycles. The zero-order chi connectivity index (χ0) is 20.7. The van der Waals surface area contributed by atoms with E-state index in [2.05, 4.69) is 5.32 Å². The Hall–Kier alpha value is -0.760. The van der Waals surface area contributed by atoms with Crippen molar-refractivity contribution in [3.05, 3.63) is 28.8 Å². The molecule has 1 amide bonds. The van der Waals surface area contributed by atoms with Crippen LogP contribution in [0.15, 0.2) is 23.1 Å². The van der Waals surface area contributed by atoms with E-state index >= 15 is 0 Å². The van der Waals surface area contributed by atoms with Crippen LogP contribution in [-0.4, -0.2) is 49.3 Å². The van der Waals surface area contributed by atoms with E-state index in [-0.39, 0.29) is 21.4 Å². The molecule has 0 bridgehead atoms. The highest BCUT2D eigenvalue weighted by Crippen LogP contribution is 2.28. The molecule has 0 aromatic heterocycles. The third-order valence-electron chi connectivity index (χ3n) is 5.68. The number of carbonyl (C=O) groups is 1. The number of benzene rings is 1. The summed E-state index contributed by atoms with van der Waals surface area (Å²) in [6.07, 6.45) is 10.3. The number of carbonyl (C=O) groups excluding carboxylic acids is 1. The summed E-state index contributed by atoms with van der Waals surface area (Å²) in [5.41, 5.74) is 0.227. The van der Waals surface area contributed by atoms with Crippen molar-refractivity contribution in [1.29, 1.82) is 0 Å². The number of hydrogen-bond donors (Lipinski definition) is 1. The highest BCUT2D eigenvalue weighted by Gasteiger charge is 2.26. The maximum absolute atomic E-state index is 13.0. The standard InChI is InChI=1S/C21H31ClN2O3S2/c22-20-11-10-18(29(26,27)24-13-6-1-2-7-14-24)16-19(20)21(25)23-12-15-28-17-8-4-3-5-9-17/h10-11,16-17H,1-9,12-15H2,(H,23,25). The van der Waals surface area contributed by atoms with Crippen molar-refractivity contribution in [2.24, 2.45) is 0 Å². The highest BCUT2D eigenvalue weighted by atomic mass is 35.5. The lowest BCUT2D eigenvalue weighted by Crippen LogP contribution is -2.32. The number of amides is 1. The van der Waals surface area contributed by atoms with E-state index in [9.17, 15) is 13.2 Å². The molecule has 3 rings (SSSR count). The Bertz CT molecular complexity index is 787. The van der Waals surface area contributed by atoms with Gasteiger partial charge >= 0.3 is 0 Å². The van der Waals surface area contributed by atoms with Crippen LogP contribution in [0.4, 0.5) is 0 Å². The maximum atomic E-state index is 13.0. The van der Waals surface area contributed by atoms with Crippen molar-refractivity contribution in [1.82, 2.24) is 9.62 Å². The zero-order valence-corrected chi connectivity index (χ0v) is 19.3. The largest absolute Gasteiger partial charge is 0.351 e. The first kappa shape index (κ1) is 22.9. The molecule has 1 aliphatic carbocycles. The zero-order valence-electron chi connectivity index (χ0n) is 16.9. The van der Waals surface area contributed by atoms with Crippen molar-refractivity contribution in [3.63, 3.8) is 0 Å². The first-order valence-corrected chi connectivity index (χ1v) is 13.5. The van der Waals surface area contributed by atoms with E-state index in [4.69, 9.17) is 11.6 Å². The van der Waals surface area contributed by atoms with Gasteiger partial charge in [-0.25, -0.2) is 8.42 Å². The van der Waals surface area contributed by atoms with Crippen molar-refractivity contribution < 1.29 is 13.2 Å². The molecule has 0 spiro atoms. The molecule has 29 heavy (non-hydrogen) atoms. The molecule has 0 unspecified atom stereocenters. The van der Waals surface area contributed by atoms with Crippen molar-refractivity contribution in [2.45, 2.75) is 67.9 Å². The summed E-state index contributed by atoms with van der Waals surface area (Å²) in [6.45, 7) is 1.62. The normalized spacial score (nSPS) is 19.6. The predicted octanol–water partition coefficient (Wildman–Crippen LogP) is 4.70. The topological polar surface area (TPSA) is 66.5 Å². The van der Waals surface area contributed by atoms with Gasteiger partial charge in [-0.15, -0.1) is 0 Å². The first-order chi connectivity index (χ1) is 14.0. The van der Waals surface area contributed by atoms with Gasteiger partial charge in [0.15, 0.2) is 0 Å². The van der Waals surface area contributed by atoms with E-state index in [1.807, 2.05) is 11.8 Å². The van der Waals surface area contributed by atoms with E-state index in [0.717, 1.165) is 31.4 Å². The molecule has 0 radical (unpaired) electrons. The van der Waals surface area contributed by atoms with Crippen LogP contribution in [0.2, 0.25) is 5.02 Å². The van der Waals surface area contributed by atoms with E-state index in [0.29, 0.717) is 24.9 Å². The molecule has 2 aliphatic rings. The summed E-state index contributed by atoms with van der Waals surface area (Å²) in [4.78, 5) is 12.8. The average Bonchev–Trinajstić information content (AvgIpc) is 3.02. The summed E-state index contributed by atoms with van der Waals surface area (Å²) >= 11 is 8.13. The van der Waals surface area contributed by atoms with Gasteiger partial charge in [-0.05, 0) is 43.9 Å². The number of halogens is 1. The van der Waals surface area contributed by atoms with Crippen molar-refractivity contribution in [3.8, 4) is 0 Å². The Morgan fingerprint density at radius 3 is 2.41 bits per heavy atom. The average molecular weight is 459 g/mol. The molecule has 2 fully saturated rings. The summed E-state index contributed by atoms with van der Waals surface area (Å²) in [5.74, 6) is 0.548. The fourth-order valence-electron chi connectivity index (χ4n) is 3.99. The van der Waals surface area contributed by atoms with Gasteiger partial charge in [-0.3, -0.25) is 4.79 Å². The van der Waals surface area contributed by atoms with Crippen LogP contribution in [0.25, 0.3) is 0 Å². The van der Waals surface area contributed by atoms with Gasteiger partial charge in [0.25, 0.3) is 5.91 Å². The number of rotatable bonds is 7. The predicted molar refractivity (Wildman–Crippen MR) is 120 cm³/mol. The molecule has 1 saturated heterocycles. The molecular formula is C21H31ClN2O3S2. The van der Waals surface area contributed by atoms with Crippen molar-refractivity contribution >= 4 is 39.3 Å². The van der Waals surface area contributed by atoms with Crippen LogP contribution in [0.3, 0.4) is 0 Å². The number of nitrogens with one attached hydrogen (secondary N) is 1. The highest BCUT2D eigenvalue weighted by molar-refractivity contribution is 7.99. The summed E-state index contributed by atoms with van der Waals surface area (Å²) in [6, 6.07) is 4.43. The number of sulfonamides is 1. The van der Waals surface area contributed by atoms with Gasteiger partial charge in [0.2, 0.25) is 10.0 Å². The summed E-state index contributed by atoms with van der Waals surface area (Å²) in [7, 11) is -3.61. The van der Waals surface area contributed by atoms with Crippen LogP contribution < -0.4 is 5.32 Å². The number of nitrogens with zero attached hydrogens (tertiary/aromatic N) is 1. The second-order valence-electron chi connectivity index (χ2n) is 7.85. The molecule has 1 N–H and O–H groups in total. The van der Waals surface area contributed by atoms with Gasteiger partial charge in [0.1, 0.15) is 0 Å². The third-order valence-corrected chi connectivity index (χ3v) is 9.29. The number of thioether (sulfide) groups is 1. The number of hydrogen-bond acceptors (Lipinski definition) is 4. The van der Waals surface area contributed by atoms with E-state index in [1.54, 1.807) is 0 Å². The SMILES string of the molecule is O=C(NCCSC1CCCCC1)c1cc(S(=O)(=O)N2CCCCCC2)ccc1Cl. The molecule has 1 aliphatic heterocycles. The second-order valence-corrected chi connectivity index (χ2v) is 11.6. The van der Waals surface area contributed by atoms with Crippen molar-refractivity contribution in [2.75, 3.05) is 25.4 Å². The molecule has 8 heteroatoms. The van der Waals surface area contributed by atoms with Gasteiger partial charge in [0, 0.05) is 30.6 Å². The summed E-state index contributed by atoms with van der Waals surface area (Å²) in [5, 5.41) is 3.87. The maximum Gasteiger partial charge on any atom is 0.252 e. The second kappa shape index (κ2) is 11.0. The minimum Gasteiger partial charge on any atom is -0.351 e. The Morgan fingerprint density at radius 2 is 1.72 bits per heavy atom. The van der Waals surface area contributed by atoms with E-state index in [1.165, 1.54) is 54.6 Å². The lowest BCUT2D eigenvalue weighted by Gasteiger charge is -2.21. The Labute approximate surface area is 184 Å². The minimum absolute atomic E-state index is 0.144. The van der Waals surface area contributed by atoms with Gasteiger partial charge in [-0.2, -0.15) is 16.1 Å².